The van der Waals surface area contributed by atoms with Crippen molar-refractivity contribution < 1.29 is 19.1 Å². The third-order valence-electron chi connectivity index (χ3n) is 4.18. The van der Waals surface area contributed by atoms with Crippen LogP contribution in [0.25, 0.3) is 0 Å². The predicted octanol–water partition coefficient (Wildman–Crippen LogP) is 3.03. The lowest BCUT2D eigenvalue weighted by Crippen LogP contribution is -2.45. The zero-order chi connectivity index (χ0) is 17.2. The van der Waals surface area contributed by atoms with E-state index in [1.54, 1.807) is 26.0 Å². The van der Waals surface area contributed by atoms with E-state index >= 15 is 0 Å². The lowest BCUT2D eigenvalue weighted by Gasteiger charge is -2.23. The summed E-state index contributed by atoms with van der Waals surface area (Å²) in [6.07, 6.45) is 0.797. The number of nitrogens with zero attached hydrogens (tertiary/aromatic N) is 1. The highest BCUT2D eigenvalue weighted by atomic mass is 79.9. The first-order chi connectivity index (χ1) is 10.7. The van der Waals surface area contributed by atoms with Gasteiger partial charge in [0.05, 0.1) is 5.41 Å². The summed E-state index contributed by atoms with van der Waals surface area (Å²) in [7, 11) is 0. The van der Waals surface area contributed by atoms with Crippen LogP contribution in [0.4, 0.5) is 9.18 Å². The standard InChI is InChI=1S/C16H20BrFN2O3/c1-10(7-11-8-12(17)3-4-13(11)18)19-15(23)20-6-5-16(2,9-20)14(21)22/h3-4,8,10H,5-7,9H2,1-2H3,(H,19,23)(H,21,22). The van der Waals surface area contributed by atoms with E-state index in [0.29, 0.717) is 24.9 Å². The Bertz CT molecular complexity index is 625. The molecule has 1 fully saturated rings. The third kappa shape index (κ3) is 4.22. The van der Waals surface area contributed by atoms with Crippen LogP contribution in [0.3, 0.4) is 0 Å². The van der Waals surface area contributed by atoms with Gasteiger partial charge in [-0.2, -0.15) is 0 Å². The van der Waals surface area contributed by atoms with Crippen molar-refractivity contribution in [3.8, 4) is 0 Å². The highest BCUT2D eigenvalue weighted by Crippen LogP contribution is 2.30. The molecule has 2 rings (SSSR count). The molecule has 1 aromatic carbocycles. The van der Waals surface area contributed by atoms with Gasteiger partial charge >= 0.3 is 12.0 Å². The summed E-state index contributed by atoms with van der Waals surface area (Å²) in [6, 6.07) is 4.13. The summed E-state index contributed by atoms with van der Waals surface area (Å²) in [5, 5.41) is 12.0. The minimum atomic E-state index is -0.892. The van der Waals surface area contributed by atoms with Gasteiger partial charge in [-0.05, 0) is 50.5 Å². The van der Waals surface area contributed by atoms with Crippen molar-refractivity contribution in [1.29, 1.82) is 0 Å². The number of likely N-dealkylation sites (tertiary alicyclic amines) is 1. The van der Waals surface area contributed by atoms with Crippen molar-refractivity contribution in [3.63, 3.8) is 0 Å². The molecule has 1 aliphatic heterocycles. The van der Waals surface area contributed by atoms with Crippen LogP contribution in [-0.2, 0) is 11.2 Å². The second-order valence-electron chi connectivity index (χ2n) is 6.33. The predicted molar refractivity (Wildman–Crippen MR) is 87.7 cm³/mol. The Hall–Kier alpha value is -1.63. The second-order valence-corrected chi connectivity index (χ2v) is 7.24. The number of carboxylic acids is 1. The smallest absolute Gasteiger partial charge is 0.317 e. The molecule has 0 aromatic heterocycles. The minimum Gasteiger partial charge on any atom is -0.481 e. The van der Waals surface area contributed by atoms with Crippen molar-refractivity contribution in [2.24, 2.45) is 5.41 Å². The third-order valence-corrected chi connectivity index (χ3v) is 4.67. The summed E-state index contributed by atoms with van der Waals surface area (Å²) < 4.78 is 14.5. The molecule has 2 unspecified atom stereocenters. The molecule has 0 saturated carbocycles. The Morgan fingerprint density at radius 3 is 2.83 bits per heavy atom. The van der Waals surface area contributed by atoms with E-state index in [2.05, 4.69) is 21.2 Å². The summed E-state index contributed by atoms with van der Waals surface area (Å²) in [4.78, 5) is 24.9. The van der Waals surface area contributed by atoms with E-state index in [4.69, 9.17) is 0 Å². The molecule has 2 atom stereocenters. The molecule has 1 heterocycles. The van der Waals surface area contributed by atoms with Crippen LogP contribution < -0.4 is 5.32 Å². The highest BCUT2D eigenvalue weighted by molar-refractivity contribution is 9.10. The lowest BCUT2D eigenvalue weighted by molar-refractivity contribution is -0.146. The monoisotopic (exact) mass is 386 g/mol. The van der Waals surface area contributed by atoms with Crippen molar-refractivity contribution in [1.82, 2.24) is 10.2 Å². The Labute approximate surface area is 143 Å². The fraction of sp³-hybridized carbons (Fsp3) is 0.500. The first kappa shape index (κ1) is 17.7. The average Bonchev–Trinajstić information content (AvgIpc) is 2.87. The first-order valence-electron chi connectivity index (χ1n) is 7.44. The topological polar surface area (TPSA) is 69.6 Å². The Morgan fingerprint density at radius 1 is 1.52 bits per heavy atom. The largest absolute Gasteiger partial charge is 0.481 e. The number of rotatable bonds is 4. The number of urea groups is 1. The number of hydrogen-bond acceptors (Lipinski definition) is 2. The molecule has 126 valence electrons. The number of aliphatic carboxylic acids is 1. The molecule has 1 saturated heterocycles. The number of carbonyl (C=O) groups is 2. The average molecular weight is 387 g/mol. The maximum Gasteiger partial charge on any atom is 0.317 e. The number of halogens is 2. The van der Waals surface area contributed by atoms with Crippen LogP contribution in [0.1, 0.15) is 25.8 Å². The quantitative estimate of drug-likeness (QED) is 0.835. The molecule has 0 aliphatic carbocycles. The molecule has 0 radical (unpaired) electrons. The minimum absolute atomic E-state index is 0.187. The summed E-state index contributed by atoms with van der Waals surface area (Å²) in [5.41, 5.74) is -0.374. The van der Waals surface area contributed by atoms with Crippen LogP contribution in [0.5, 0.6) is 0 Å². The fourth-order valence-electron chi connectivity index (χ4n) is 2.69. The normalized spacial score (nSPS) is 22.0. The van der Waals surface area contributed by atoms with Gasteiger partial charge in [0.25, 0.3) is 0 Å². The first-order valence-corrected chi connectivity index (χ1v) is 8.23. The summed E-state index contributed by atoms with van der Waals surface area (Å²) in [5.74, 6) is -1.20. The number of hydrogen-bond donors (Lipinski definition) is 2. The van der Waals surface area contributed by atoms with Crippen LogP contribution in [0.15, 0.2) is 22.7 Å². The summed E-state index contributed by atoms with van der Waals surface area (Å²) in [6.45, 7) is 4.03. The molecule has 7 heteroatoms. The van der Waals surface area contributed by atoms with Gasteiger partial charge in [0.15, 0.2) is 0 Å². The van der Waals surface area contributed by atoms with Gasteiger partial charge in [-0.25, -0.2) is 9.18 Å². The molecule has 5 nitrogen and oxygen atoms in total. The number of carbonyl (C=O) groups excluding carboxylic acids is 1. The van der Waals surface area contributed by atoms with Gasteiger partial charge < -0.3 is 15.3 Å². The Balaban J connectivity index is 1.93. The lowest BCUT2D eigenvalue weighted by atomic mass is 9.90. The molecule has 0 bridgehead atoms. The van der Waals surface area contributed by atoms with Gasteiger partial charge in [-0.3, -0.25) is 4.79 Å². The van der Waals surface area contributed by atoms with Gasteiger partial charge in [0.2, 0.25) is 0 Å². The Morgan fingerprint density at radius 2 is 2.22 bits per heavy atom. The molecule has 2 amide bonds. The van der Waals surface area contributed by atoms with E-state index in [1.165, 1.54) is 11.0 Å². The molecule has 2 N–H and O–H groups in total. The maximum absolute atomic E-state index is 13.7. The van der Waals surface area contributed by atoms with Crippen molar-refractivity contribution in [2.45, 2.75) is 32.7 Å². The number of nitrogens with one attached hydrogen (secondary N) is 1. The van der Waals surface area contributed by atoms with E-state index < -0.39 is 11.4 Å². The molecule has 0 spiro atoms. The van der Waals surface area contributed by atoms with Crippen LogP contribution >= 0.6 is 15.9 Å². The number of benzene rings is 1. The highest BCUT2D eigenvalue weighted by Gasteiger charge is 2.42. The fourth-order valence-corrected chi connectivity index (χ4v) is 3.10. The van der Waals surface area contributed by atoms with Gasteiger partial charge in [-0.15, -0.1) is 0 Å². The molecular weight excluding hydrogens is 367 g/mol. The summed E-state index contributed by atoms with van der Waals surface area (Å²) >= 11 is 3.30. The van der Waals surface area contributed by atoms with Crippen molar-refractivity contribution >= 4 is 27.9 Å². The second kappa shape index (κ2) is 6.86. The zero-order valence-corrected chi connectivity index (χ0v) is 14.7. The SMILES string of the molecule is CC(Cc1cc(Br)ccc1F)NC(=O)N1CCC(C)(C(=O)O)C1. The van der Waals surface area contributed by atoms with E-state index in [9.17, 15) is 19.1 Å². The van der Waals surface area contributed by atoms with E-state index in [-0.39, 0.29) is 24.4 Å². The Kier molecular flexibility index (Phi) is 5.29. The van der Waals surface area contributed by atoms with Gasteiger partial charge in [-0.1, -0.05) is 15.9 Å². The van der Waals surface area contributed by atoms with Gasteiger partial charge in [0.1, 0.15) is 5.82 Å². The number of amides is 2. The van der Waals surface area contributed by atoms with Crippen LogP contribution in [0, 0.1) is 11.2 Å². The maximum atomic E-state index is 13.7. The molecular formula is C16H20BrFN2O3. The van der Waals surface area contributed by atoms with Crippen molar-refractivity contribution in [3.05, 3.63) is 34.1 Å². The van der Waals surface area contributed by atoms with Crippen LogP contribution in [0.2, 0.25) is 0 Å². The van der Waals surface area contributed by atoms with E-state index in [1.807, 2.05) is 0 Å². The molecule has 1 aliphatic rings. The number of carboxylic acid groups (broad SMARTS) is 1. The van der Waals surface area contributed by atoms with E-state index in [0.717, 1.165) is 4.47 Å². The van der Waals surface area contributed by atoms with Gasteiger partial charge in [0, 0.05) is 23.6 Å². The zero-order valence-electron chi connectivity index (χ0n) is 13.1. The molecule has 1 aromatic rings. The van der Waals surface area contributed by atoms with Crippen LogP contribution in [-0.4, -0.2) is 41.1 Å². The molecule has 23 heavy (non-hydrogen) atoms. The van der Waals surface area contributed by atoms with Crippen molar-refractivity contribution in [2.75, 3.05) is 13.1 Å².